The molecule has 20 heavy (non-hydrogen) atoms. The maximum Gasteiger partial charge on any atom is 0.182 e. The van der Waals surface area contributed by atoms with E-state index in [1.165, 1.54) is 0 Å². The Balaban J connectivity index is 1.82. The molecule has 1 aliphatic rings. The molecule has 0 radical (unpaired) electrons. The van der Waals surface area contributed by atoms with E-state index in [-0.39, 0.29) is 5.75 Å². The van der Waals surface area contributed by atoms with Gasteiger partial charge in [0.25, 0.3) is 0 Å². The van der Waals surface area contributed by atoms with Gasteiger partial charge in [-0.1, -0.05) is 30.3 Å². The molecule has 0 aliphatic carbocycles. The number of benzene rings is 2. The molecule has 0 bridgehead atoms. The normalized spacial score (nSPS) is 16.5. The number of ether oxygens (including phenoxy) is 1. The number of sulfone groups is 1. The van der Waals surface area contributed by atoms with Gasteiger partial charge in [-0.15, -0.1) is 0 Å². The van der Waals surface area contributed by atoms with E-state index >= 15 is 0 Å². The van der Waals surface area contributed by atoms with E-state index in [0.717, 1.165) is 11.4 Å². The summed E-state index contributed by atoms with van der Waals surface area (Å²) < 4.78 is 29.8. The first kappa shape index (κ1) is 13.0. The summed E-state index contributed by atoms with van der Waals surface area (Å²) in [6, 6.07) is 16.6. The quantitative estimate of drug-likeness (QED) is 0.870. The van der Waals surface area contributed by atoms with Crippen molar-refractivity contribution in [1.29, 1.82) is 0 Å². The molecule has 1 heterocycles. The Bertz CT molecular complexity index is 698. The maximum absolute atomic E-state index is 12.0. The molecular formula is C15H15NO3S. The molecule has 0 atom stereocenters. The van der Waals surface area contributed by atoms with Crippen LogP contribution in [0.1, 0.15) is 0 Å². The van der Waals surface area contributed by atoms with Crippen molar-refractivity contribution in [3.63, 3.8) is 0 Å². The Morgan fingerprint density at radius 1 is 1.00 bits per heavy atom. The van der Waals surface area contributed by atoms with Crippen LogP contribution in [0.2, 0.25) is 0 Å². The van der Waals surface area contributed by atoms with Crippen molar-refractivity contribution in [2.75, 3.05) is 23.9 Å². The lowest BCUT2D eigenvalue weighted by Crippen LogP contribution is -2.37. The molecule has 2 aromatic rings. The molecule has 0 amide bonds. The van der Waals surface area contributed by atoms with Crippen LogP contribution in [-0.4, -0.2) is 27.4 Å². The fourth-order valence-electron chi connectivity index (χ4n) is 2.25. The van der Waals surface area contributed by atoms with E-state index in [0.29, 0.717) is 18.2 Å². The van der Waals surface area contributed by atoms with Crippen molar-refractivity contribution in [1.82, 2.24) is 0 Å². The summed E-state index contributed by atoms with van der Waals surface area (Å²) >= 11 is 0. The minimum absolute atomic E-state index is 0.127. The van der Waals surface area contributed by atoms with Crippen LogP contribution in [0.5, 0.6) is 5.75 Å². The van der Waals surface area contributed by atoms with Gasteiger partial charge in [0.15, 0.2) is 16.6 Å². The van der Waals surface area contributed by atoms with E-state index in [4.69, 9.17) is 4.74 Å². The van der Waals surface area contributed by atoms with Gasteiger partial charge in [0.1, 0.15) is 5.75 Å². The van der Waals surface area contributed by atoms with E-state index in [1.54, 1.807) is 12.1 Å². The highest BCUT2D eigenvalue weighted by Crippen LogP contribution is 2.30. The van der Waals surface area contributed by atoms with Crippen LogP contribution in [0.3, 0.4) is 0 Å². The molecule has 5 heteroatoms. The molecular weight excluding hydrogens is 274 g/mol. The van der Waals surface area contributed by atoms with E-state index in [9.17, 15) is 8.42 Å². The molecule has 0 N–H and O–H groups in total. The van der Waals surface area contributed by atoms with Crippen molar-refractivity contribution < 1.29 is 13.2 Å². The molecule has 2 aromatic carbocycles. The smallest absolute Gasteiger partial charge is 0.182 e. The summed E-state index contributed by atoms with van der Waals surface area (Å²) in [7, 11) is -3.16. The minimum Gasteiger partial charge on any atom is -0.473 e. The second-order valence-electron chi connectivity index (χ2n) is 4.64. The molecule has 0 aromatic heterocycles. The number of nitrogens with zero attached hydrogens (tertiary/aromatic N) is 1. The lowest BCUT2D eigenvalue weighted by Gasteiger charge is -2.30. The van der Waals surface area contributed by atoms with Crippen LogP contribution in [0, 0.1) is 0 Å². The van der Waals surface area contributed by atoms with Gasteiger partial charge < -0.3 is 9.64 Å². The van der Waals surface area contributed by atoms with Crippen LogP contribution in [0.4, 0.5) is 5.69 Å². The van der Waals surface area contributed by atoms with Crippen molar-refractivity contribution in [2.24, 2.45) is 0 Å². The van der Waals surface area contributed by atoms with Gasteiger partial charge in [-0.25, -0.2) is 8.42 Å². The Labute approximate surface area is 118 Å². The SMILES string of the molecule is O=S1(=O)CCN(COc2ccccc2)c2ccccc21. The third kappa shape index (κ3) is 2.49. The van der Waals surface area contributed by atoms with Crippen LogP contribution in [0.15, 0.2) is 59.5 Å². The van der Waals surface area contributed by atoms with Gasteiger partial charge in [-0.3, -0.25) is 0 Å². The summed E-state index contributed by atoms with van der Waals surface area (Å²) in [5.41, 5.74) is 0.717. The molecule has 0 fully saturated rings. The fraction of sp³-hybridized carbons (Fsp3) is 0.200. The van der Waals surface area contributed by atoms with Crippen molar-refractivity contribution >= 4 is 15.5 Å². The third-order valence-electron chi connectivity index (χ3n) is 3.30. The van der Waals surface area contributed by atoms with Crippen molar-refractivity contribution in [2.45, 2.75) is 4.90 Å². The summed E-state index contributed by atoms with van der Waals surface area (Å²) in [6.45, 7) is 0.794. The van der Waals surface area contributed by atoms with E-state index in [1.807, 2.05) is 47.4 Å². The van der Waals surface area contributed by atoms with Crippen LogP contribution < -0.4 is 9.64 Å². The summed E-state index contributed by atoms with van der Waals surface area (Å²) in [6.07, 6.45) is 0. The molecule has 0 saturated carbocycles. The second-order valence-corrected chi connectivity index (χ2v) is 6.71. The van der Waals surface area contributed by atoms with Gasteiger partial charge in [-0.2, -0.15) is 0 Å². The first-order valence-electron chi connectivity index (χ1n) is 6.41. The van der Waals surface area contributed by atoms with Crippen LogP contribution in [0.25, 0.3) is 0 Å². The third-order valence-corrected chi connectivity index (χ3v) is 5.04. The highest BCUT2D eigenvalue weighted by molar-refractivity contribution is 7.91. The molecule has 1 aliphatic heterocycles. The van der Waals surface area contributed by atoms with E-state index < -0.39 is 9.84 Å². The Kier molecular flexibility index (Phi) is 3.36. The molecule has 4 nitrogen and oxygen atoms in total. The summed E-state index contributed by atoms with van der Waals surface area (Å²) in [5, 5.41) is 0. The van der Waals surface area contributed by atoms with Gasteiger partial charge in [-0.05, 0) is 24.3 Å². The minimum atomic E-state index is -3.16. The standard InChI is InChI=1S/C15H15NO3S/c17-20(18)11-10-16(14-8-4-5-9-15(14)20)12-19-13-6-2-1-3-7-13/h1-9H,10-12H2. The highest BCUT2D eigenvalue weighted by Gasteiger charge is 2.27. The van der Waals surface area contributed by atoms with Gasteiger partial charge >= 0.3 is 0 Å². The van der Waals surface area contributed by atoms with Crippen molar-refractivity contribution in [3.05, 3.63) is 54.6 Å². The molecule has 0 unspecified atom stereocenters. The zero-order chi connectivity index (χ0) is 14.0. The van der Waals surface area contributed by atoms with Crippen LogP contribution >= 0.6 is 0 Å². The average molecular weight is 289 g/mol. The Morgan fingerprint density at radius 3 is 2.50 bits per heavy atom. The van der Waals surface area contributed by atoms with Gasteiger partial charge in [0.2, 0.25) is 0 Å². The highest BCUT2D eigenvalue weighted by atomic mass is 32.2. The number of para-hydroxylation sites is 2. The summed E-state index contributed by atoms with van der Waals surface area (Å²) in [5.74, 6) is 0.903. The lowest BCUT2D eigenvalue weighted by atomic mass is 10.3. The lowest BCUT2D eigenvalue weighted by molar-refractivity contribution is 0.313. The zero-order valence-corrected chi connectivity index (χ0v) is 11.7. The maximum atomic E-state index is 12.0. The Hall–Kier alpha value is -2.01. The topological polar surface area (TPSA) is 46.6 Å². The largest absolute Gasteiger partial charge is 0.473 e. The first-order chi connectivity index (χ1) is 9.67. The van der Waals surface area contributed by atoms with Crippen LogP contribution in [-0.2, 0) is 9.84 Å². The number of rotatable bonds is 3. The monoisotopic (exact) mass is 289 g/mol. The second kappa shape index (κ2) is 5.17. The van der Waals surface area contributed by atoms with Gasteiger partial charge in [0, 0.05) is 6.54 Å². The molecule has 0 spiro atoms. The summed E-state index contributed by atoms with van der Waals surface area (Å²) in [4.78, 5) is 2.34. The van der Waals surface area contributed by atoms with E-state index in [2.05, 4.69) is 0 Å². The fourth-order valence-corrected chi connectivity index (χ4v) is 3.73. The predicted molar refractivity (Wildman–Crippen MR) is 77.8 cm³/mol. The number of hydrogen-bond acceptors (Lipinski definition) is 4. The average Bonchev–Trinajstić information content (AvgIpc) is 2.48. The zero-order valence-electron chi connectivity index (χ0n) is 10.9. The van der Waals surface area contributed by atoms with Crippen molar-refractivity contribution in [3.8, 4) is 5.75 Å². The molecule has 0 saturated heterocycles. The molecule has 3 rings (SSSR count). The number of anilines is 1. The predicted octanol–water partition coefficient (Wildman–Crippen LogP) is 2.32. The number of fused-ring (bicyclic) bond motifs is 1. The first-order valence-corrected chi connectivity index (χ1v) is 8.07. The number of hydrogen-bond donors (Lipinski definition) is 0. The van der Waals surface area contributed by atoms with Gasteiger partial charge in [0.05, 0.1) is 16.3 Å². The molecule has 104 valence electrons. The Morgan fingerprint density at radius 2 is 1.70 bits per heavy atom.